The third-order valence-electron chi connectivity index (χ3n) is 3.70. The van der Waals surface area contributed by atoms with Gasteiger partial charge in [-0.15, -0.1) is 11.3 Å². The molecule has 1 aliphatic heterocycles. The molecule has 5 nitrogen and oxygen atoms in total. The molecule has 0 amide bonds. The molecule has 100 valence electrons. The Labute approximate surface area is 116 Å². The molecule has 0 N–H and O–H groups in total. The molecule has 2 aromatic heterocycles. The smallest absolute Gasteiger partial charge is 0.398 e. The van der Waals surface area contributed by atoms with Gasteiger partial charge < -0.3 is 9.31 Å². The van der Waals surface area contributed by atoms with E-state index in [4.69, 9.17) is 9.31 Å². The number of nitrogens with zero attached hydrogens (tertiary/aromatic N) is 3. The van der Waals surface area contributed by atoms with Crippen LogP contribution < -0.4 is 5.59 Å². The second kappa shape index (κ2) is 4.16. The number of hydrogen-bond acceptors (Lipinski definition) is 5. The van der Waals surface area contributed by atoms with E-state index in [9.17, 15) is 0 Å². The van der Waals surface area contributed by atoms with Gasteiger partial charge in [-0.2, -0.15) is 5.10 Å². The van der Waals surface area contributed by atoms with Crippen molar-refractivity contribution in [2.24, 2.45) is 0 Å². The molecule has 1 saturated heterocycles. The molecule has 19 heavy (non-hydrogen) atoms. The van der Waals surface area contributed by atoms with Crippen molar-refractivity contribution < 1.29 is 9.31 Å². The molecule has 0 aliphatic carbocycles. The second-order valence-corrected chi connectivity index (χ2v) is 6.43. The number of rotatable bonds is 2. The quantitative estimate of drug-likeness (QED) is 0.783. The average Bonchev–Trinajstić information content (AvgIpc) is 3.00. The van der Waals surface area contributed by atoms with Gasteiger partial charge in [-0.05, 0) is 33.8 Å². The largest absolute Gasteiger partial charge is 0.515 e. The fourth-order valence-electron chi connectivity index (χ4n) is 1.84. The maximum Gasteiger partial charge on any atom is 0.515 e. The van der Waals surface area contributed by atoms with E-state index in [0.29, 0.717) is 0 Å². The monoisotopic (exact) mass is 277 g/mol. The summed E-state index contributed by atoms with van der Waals surface area (Å²) in [5.41, 5.74) is 0.120. The molecule has 0 radical (unpaired) electrons. The first kappa shape index (κ1) is 12.8. The molecule has 0 saturated carbocycles. The predicted octanol–water partition coefficient (Wildman–Crippen LogP) is 1.63. The summed E-state index contributed by atoms with van der Waals surface area (Å²) in [4.78, 5) is 4.53. The van der Waals surface area contributed by atoms with E-state index in [0.717, 1.165) is 10.7 Å². The molecule has 3 heterocycles. The van der Waals surface area contributed by atoms with E-state index < -0.39 is 7.12 Å². The highest BCUT2D eigenvalue weighted by atomic mass is 32.1. The van der Waals surface area contributed by atoms with Gasteiger partial charge in [0.15, 0.2) is 0 Å². The van der Waals surface area contributed by atoms with E-state index in [2.05, 4.69) is 10.1 Å². The van der Waals surface area contributed by atoms with Crippen LogP contribution in [0, 0.1) is 0 Å². The summed E-state index contributed by atoms with van der Waals surface area (Å²) in [5, 5.41) is 6.94. The van der Waals surface area contributed by atoms with Crippen LogP contribution in [-0.4, -0.2) is 33.1 Å². The summed E-state index contributed by atoms with van der Waals surface area (Å²) >= 11 is 1.52. The van der Waals surface area contributed by atoms with E-state index in [1.54, 1.807) is 10.9 Å². The zero-order chi connectivity index (χ0) is 13.7. The lowest BCUT2D eigenvalue weighted by Crippen LogP contribution is -2.41. The highest BCUT2D eigenvalue weighted by Gasteiger charge is 2.52. The molecule has 1 fully saturated rings. The van der Waals surface area contributed by atoms with E-state index >= 15 is 0 Å². The summed E-state index contributed by atoms with van der Waals surface area (Å²) in [5.74, 6) is 0. The van der Waals surface area contributed by atoms with Crippen molar-refractivity contribution in [2.45, 2.75) is 38.9 Å². The molecule has 1 aliphatic rings. The van der Waals surface area contributed by atoms with Gasteiger partial charge in [-0.1, -0.05) is 0 Å². The van der Waals surface area contributed by atoms with Crippen molar-refractivity contribution >= 4 is 24.0 Å². The fourth-order valence-corrected chi connectivity index (χ4v) is 2.60. The molecule has 7 heteroatoms. The third kappa shape index (κ3) is 2.11. The highest BCUT2D eigenvalue weighted by molar-refractivity contribution is 7.13. The molecule has 0 bridgehead atoms. The zero-order valence-corrected chi connectivity index (χ0v) is 12.3. The van der Waals surface area contributed by atoms with Gasteiger partial charge in [0.1, 0.15) is 0 Å². The van der Waals surface area contributed by atoms with Crippen LogP contribution in [0.3, 0.4) is 0 Å². The average molecular weight is 277 g/mol. The van der Waals surface area contributed by atoms with Crippen LogP contribution in [0.4, 0.5) is 0 Å². The minimum atomic E-state index is -0.412. The maximum atomic E-state index is 5.97. The summed E-state index contributed by atoms with van der Waals surface area (Å²) in [6.07, 6.45) is 3.60. The lowest BCUT2D eigenvalue weighted by atomic mass is 9.86. The standard InChI is InChI=1S/C12H16BN3O2S/c1-11(2)12(3,4)18-13(17-11)9-8-19-10(15-9)16-7-5-6-14-16/h5-8H,1-4H3. The van der Waals surface area contributed by atoms with Crippen LogP contribution in [0.1, 0.15) is 27.7 Å². The normalized spacial score (nSPS) is 20.9. The Morgan fingerprint density at radius 2 is 1.89 bits per heavy atom. The van der Waals surface area contributed by atoms with E-state index in [1.807, 2.05) is 45.3 Å². The molecule has 2 aromatic rings. The van der Waals surface area contributed by atoms with Crippen LogP contribution in [0.15, 0.2) is 23.8 Å². The summed E-state index contributed by atoms with van der Waals surface area (Å²) in [6, 6.07) is 1.87. The second-order valence-electron chi connectivity index (χ2n) is 5.59. The predicted molar refractivity (Wildman–Crippen MR) is 75.0 cm³/mol. The fraction of sp³-hybridized carbons (Fsp3) is 0.500. The Morgan fingerprint density at radius 1 is 1.21 bits per heavy atom. The van der Waals surface area contributed by atoms with Crippen molar-refractivity contribution in [2.75, 3.05) is 0 Å². The Morgan fingerprint density at radius 3 is 2.47 bits per heavy atom. The molecule has 0 atom stereocenters. The van der Waals surface area contributed by atoms with Crippen LogP contribution in [0.2, 0.25) is 0 Å². The summed E-state index contributed by atoms with van der Waals surface area (Å²) in [7, 11) is -0.412. The van der Waals surface area contributed by atoms with E-state index in [-0.39, 0.29) is 11.2 Å². The van der Waals surface area contributed by atoms with Gasteiger partial charge in [0.05, 0.1) is 16.8 Å². The Kier molecular flexibility index (Phi) is 2.81. The Bertz CT molecular complexity index is 564. The van der Waals surface area contributed by atoms with E-state index in [1.165, 1.54) is 11.3 Å². The molecular formula is C12H16BN3O2S. The first-order valence-electron chi connectivity index (χ1n) is 6.20. The SMILES string of the molecule is CC1(C)OB(c2csc(-n3cccn3)n2)OC1(C)C. The number of hydrogen-bond donors (Lipinski definition) is 0. The lowest BCUT2D eigenvalue weighted by Gasteiger charge is -2.32. The topological polar surface area (TPSA) is 49.2 Å². The maximum absolute atomic E-state index is 5.97. The molecule has 0 unspecified atom stereocenters. The highest BCUT2D eigenvalue weighted by Crippen LogP contribution is 2.36. The van der Waals surface area contributed by atoms with Crippen LogP contribution in [0.5, 0.6) is 0 Å². The van der Waals surface area contributed by atoms with Gasteiger partial charge in [0, 0.05) is 17.8 Å². The van der Waals surface area contributed by atoms with Gasteiger partial charge in [-0.3, -0.25) is 0 Å². The van der Waals surface area contributed by atoms with Gasteiger partial charge in [0.2, 0.25) is 5.13 Å². The Hall–Kier alpha value is -1.18. The first-order chi connectivity index (χ1) is 8.89. The van der Waals surface area contributed by atoms with Crippen LogP contribution >= 0.6 is 11.3 Å². The number of aromatic nitrogens is 3. The van der Waals surface area contributed by atoms with Gasteiger partial charge in [0.25, 0.3) is 0 Å². The summed E-state index contributed by atoms with van der Waals surface area (Å²) in [6.45, 7) is 8.14. The minimum absolute atomic E-state index is 0.340. The van der Waals surface area contributed by atoms with Crippen LogP contribution in [-0.2, 0) is 9.31 Å². The third-order valence-corrected chi connectivity index (χ3v) is 4.55. The molecule has 0 spiro atoms. The van der Waals surface area contributed by atoms with Crippen LogP contribution in [0.25, 0.3) is 5.13 Å². The molecule has 3 rings (SSSR count). The van der Waals surface area contributed by atoms with Crippen molar-refractivity contribution in [3.63, 3.8) is 0 Å². The zero-order valence-electron chi connectivity index (χ0n) is 11.5. The van der Waals surface area contributed by atoms with Gasteiger partial charge >= 0.3 is 7.12 Å². The lowest BCUT2D eigenvalue weighted by molar-refractivity contribution is 0.00578. The van der Waals surface area contributed by atoms with Crippen molar-refractivity contribution in [3.05, 3.63) is 23.8 Å². The Balaban J connectivity index is 1.85. The molecule has 0 aromatic carbocycles. The minimum Gasteiger partial charge on any atom is -0.398 e. The van der Waals surface area contributed by atoms with Crippen molar-refractivity contribution in [1.29, 1.82) is 0 Å². The van der Waals surface area contributed by atoms with Crippen molar-refractivity contribution in [3.8, 4) is 5.13 Å². The van der Waals surface area contributed by atoms with Gasteiger partial charge in [-0.25, -0.2) is 9.67 Å². The molecular weight excluding hydrogens is 261 g/mol. The summed E-state index contributed by atoms with van der Waals surface area (Å²) < 4.78 is 13.7. The first-order valence-corrected chi connectivity index (χ1v) is 7.08. The van der Waals surface area contributed by atoms with Crippen molar-refractivity contribution in [1.82, 2.24) is 14.8 Å². The number of thiazole rings is 1.